The Labute approximate surface area is 318 Å². The molecule has 0 spiro atoms. The minimum absolute atomic E-state index is 0.0364. The van der Waals surface area contributed by atoms with E-state index in [0.717, 1.165) is 73.6 Å². The predicted molar refractivity (Wildman–Crippen MR) is 211 cm³/mol. The summed E-state index contributed by atoms with van der Waals surface area (Å²) in [6.45, 7) is 15.8. The second kappa shape index (κ2) is 18.5. The zero-order valence-corrected chi connectivity index (χ0v) is 32.2. The fourth-order valence-electron chi connectivity index (χ4n) is 5.84. The van der Waals surface area contributed by atoms with Gasteiger partial charge in [-0.3, -0.25) is 24.4 Å². The van der Waals surface area contributed by atoms with Crippen molar-refractivity contribution in [3.63, 3.8) is 0 Å². The molecule has 4 aromatic rings. The zero-order chi connectivity index (χ0) is 37.8. The van der Waals surface area contributed by atoms with Crippen LogP contribution in [0.5, 0.6) is 0 Å². The third-order valence-corrected chi connectivity index (χ3v) is 9.85. The standard InChI is InChI=1S/C40H52ClN9O3/c1-29-8-13-33(25-35(29)47-38-44-18-14-34(46-38)32-7-6-17-42-26-32)45-37(52)31-11-9-30(10-12-31)27-49-20-22-50(23-21-49)28-36(51)43-19-15-40(4,5)53-24-16-39(2,3)48-41/h6-14,17-18,25-26,48H,15-16,19-24,27-28H2,1-5H3,(H,43,51)(H,45,52)(H,44,46,47). The fourth-order valence-corrected chi connectivity index (χ4v) is 5.94. The van der Waals surface area contributed by atoms with Crippen LogP contribution in [0.4, 0.5) is 17.3 Å². The third kappa shape index (κ3) is 12.6. The molecule has 1 aliphatic heterocycles. The van der Waals surface area contributed by atoms with Gasteiger partial charge in [0.05, 0.1) is 17.8 Å². The topological polar surface area (TPSA) is 137 Å². The average molecular weight is 742 g/mol. The van der Waals surface area contributed by atoms with E-state index in [4.69, 9.17) is 16.5 Å². The number of aryl methyl sites for hydroxylation is 1. The number of hydrogen-bond donors (Lipinski definition) is 4. The van der Waals surface area contributed by atoms with Gasteiger partial charge in [-0.15, -0.1) is 0 Å². The van der Waals surface area contributed by atoms with Gasteiger partial charge in [0, 0.05) is 92.5 Å². The lowest BCUT2D eigenvalue weighted by Gasteiger charge is -2.34. The number of nitrogens with one attached hydrogen (secondary N) is 4. The van der Waals surface area contributed by atoms with Crippen LogP contribution < -0.4 is 20.8 Å². The molecule has 0 unspecified atom stereocenters. The summed E-state index contributed by atoms with van der Waals surface area (Å²) in [5.41, 5.74) is 5.29. The van der Waals surface area contributed by atoms with E-state index >= 15 is 0 Å². The SMILES string of the molecule is Cc1ccc(NC(=O)c2ccc(CN3CCN(CC(=O)NCCC(C)(C)OCCC(C)(C)NCl)CC3)cc2)cc1Nc1nccc(-c2cccnc2)n1. The molecular weight excluding hydrogens is 690 g/mol. The maximum Gasteiger partial charge on any atom is 0.255 e. The molecule has 12 nitrogen and oxygen atoms in total. The zero-order valence-electron chi connectivity index (χ0n) is 31.4. The first-order valence-corrected chi connectivity index (χ1v) is 18.5. The maximum atomic E-state index is 13.2. The van der Waals surface area contributed by atoms with Gasteiger partial charge in [-0.2, -0.15) is 0 Å². The third-order valence-electron chi connectivity index (χ3n) is 9.33. The van der Waals surface area contributed by atoms with E-state index in [-0.39, 0.29) is 23.0 Å². The summed E-state index contributed by atoms with van der Waals surface area (Å²) in [6, 6.07) is 19.1. The Morgan fingerprint density at radius 1 is 0.925 bits per heavy atom. The van der Waals surface area contributed by atoms with Crippen molar-refractivity contribution in [2.45, 2.75) is 65.1 Å². The number of hydrogen-bond acceptors (Lipinski definition) is 10. The summed E-state index contributed by atoms with van der Waals surface area (Å²) in [6.07, 6.45) is 6.71. The van der Waals surface area contributed by atoms with Gasteiger partial charge in [0.1, 0.15) is 0 Å². The highest BCUT2D eigenvalue weighted by atomic mass is 35.5. The van der Waals surface area contributed by atoms with Crippen molar-refractivity contribution in [2.75, 3.05) is 56.5 Å². The molecular formula is C40H52ClN9O3. The van der Waals surface area contributed by atoms with Crippen molar-refractivity contribution in [1.29, 1.82) is 0 Å². The number of anilines is 3. The van der Waals surface area contributed by atoms with Gasteiger partial charge in [-0.25, -0.2) is 14.8 Å². The number of carbonyl (C=O) groups excluding carboxylic acids is 2. The molecule has 5 rings (SSSR count). The molecule has 1 aliphatic rings. The molecule has 2 aromatic carbocycles. The normalized spacial score (nSPS) is 14.2. The Kier molecular flexibility index (Phi) is 13.9. The molecule has 282 valence electrons. The van der Waals surface area contributed by atoms with Gasteiger partial charge in [0.25, 0.3) is 5.91 Å². The van der Waals surface area contributed by atoms with Gasteiger partial charge in [-0.05, 0) is 113 Å². The van der Waals surface area contributed by atoms with E-state index < -0.39 is 0 Å². The van der Waals surface area contributed by atoms with E-state index in [1.807, 2.05) is 95.3 Å². The lowest BCUT2D eigenvalue weighted by Crippen LogP contribution is -2.49. The summed E-state index contributed by atoms with van der Waals surface area (Å²) in [5.74, 6) is 0.303. The number of piperazine rings is 1. The van der Waals surface area contributed by atoms with E-state index in [9.17, 15) is 9.59 Å². The van der Waals surface area contributed by atoms with Crippen LogP contribution in [0.1, 0.15) is 62.0 Å². The summed E-state index contributed by atoms with van der Waals surface area (Å²) in [7, 11) is 0. The second-order valence-corrected chi connectivity index (χ2v) is 15.0. The Morgan fingerprint density at radius 2 is 1.68 bits per heavy atom. The Hall–Kier alpha value is -4.46. The molecule has 0 atom stereocenters. The monoisotopic (exact) mass is 741 g/mol. The highest BCUT2D eigenvalue weighted by molar-refractivity contribution is 6.13. The molecule has 2 amide bonds. The molecule has 3 heterocycles. The van der Waals surface area contributed by atoms with E-state index in [1.165, 1.54) is 0 Å². The first-order chi connectivity index (χ1) is 25.4. The number of ether oxygens (including phenoxy) is 1. The van der Waals surface area contributed by atoms with Crippen LogP contribution in [0.3, 0.4) is 0 Å². The molecule has 0 bridgehead atoms. The largest absolute Gasteiger partial charge is 0.375 e. The van der Waals surface area contributed by atoms with Crippen molar-refractivity contribution in [3.05, 3.63) is 95.9 Å². The van der Waals surface area contributed by atoms with Crippen molar-refractivity contribution in [3.8, 4) is 11.3 Å². The van der Waals surface area contributed by atoms with E-state index in [1.54, 1.807) is 18.6 Å². The Balaban J connectivity index is 1.03. The molecule has 0 saturated carbocycles. The van der Waals surface area contributed by atoms with Crippen LogP contribution in [0.2, 0.25) is 0 Å². The molecule has 0 aliphatic carbocycles. The van der Waals surface area contributed by atoms with Crippen LogP contribution in [-0.2, 0) is 16.1 Å². The minimum atomic E-state index is -0.335. The minimum Gasteiger partial charge on any atom is -0.375 e. The predicted octanol–water partition coefficient (Wildman–Crippen LogP) is 6.17. The van der Waals surface area contributed by atoms with Gasteiger partial charge >= 0.3 is 0 Å². The highest BCUT2D eigenvalue weighted by Gasteiger charge is 2.23. The second-order valence-electron chi connectivity index (χ2n) is 14.8. The number of rotatable bonds is 17. The molecule has 1 fully saturated rings. The van der Waals surface area contributed by atoms with Crippen LogP contribution in [0, 0.1) is 6.92 Å². The molecule has 13 heteroatoms. The number of halogens is 1. The summed E-state index contributed by atoms with van der Waals surface area (Å²) in [4.78, 5) is 46.3. The van der Waals surface area contributed by atoms with Crippen molar-refractivity contribution >= 4 is 40.9 Å². The first kappa shape index (κ1) is 39.7. The number of aromatic nitrogens is 3. The number of pyridine rings is 1. The Bertz CT molecular complexity index is 1800. The summed E-state index contributed by atoms with van der Waals surface area (Å²) < 4.78 is 6.05. The number of amides is 2. The number of carbonyl (C=O) groups is 2. The number of nitrogens with zero attached hydrogens (tertiary/aromatic N) is 5. The quantitative estimate of drug-likeness (QED) is 0.0930. The molecule has 0 radical (unpaired) electrons. The Morgan fingerprint density at radius 3 is 2.40 bits per heavy atom. The smallest absolute Gasteiger partial charge is 0.255 e. The lowest BCUT2D eigenvalue weighted by molar-refractivity contribution is -0.123. The molecule has 53 heavy (non-hydrogen) atoms. The highest BCUT2D eigenvalue weighted by Crippen LogP contribution is 2.25. The van der Waals surface area contributed by atoms with E-state index in [2.05, 4.69) is 45.5 Å². The van der Waals surface area contributed by atoms with Crippen molar-refractivity contribution in [2.24, 2.45) is 0 Å². The first-order valence-electron chi connectivity index (χ1n) is 18.1. The fraction of sp³-hybridized carbons (Fsp3) is 0.425. The van der Waals surface area contributed by atoms with E-state index in [0.29, 0.717) is 36.9 Å². The van der Waals surface area contributed by atoms with Crippen LogP contribution in [0.25, 0.3) is 11.3 Å². The molecule has 1 saturated heterocycles. The van der Waals surface area contributed by atoms with Gasteiger partial charge in [-0.1, -0.05) is 18.2 Å². The molecule has 2 aromatic heterocycles. The van der Waals surface area contributed by atoms with Gasteiger partial charge in [0.15, 0.2) is 0 Å². The number of benzene rings is 2. The van der Waals surface area contributed by atoms with Crippen LogP contribution in [0.15, 0.2) is 79.3 Å². The molecule has 4 N–H and O–H groups in total. The average Bonchev–Trinajstić information content (AvgIpc) is 3.14. The summed E-state index contributed by atoms with van der Waals surface area (Å²) >= 11 is 5.78. The summed E-state index contributed by atoms with van der Waals surface area (Å²) in [5, 5.41) is 9.36. The van der Waals surface area contributed by atoms with Crippen molar-refractivity contribution < 1.29 is 14.3 Å². The van der Waals surface area contributed by atoms with Crippen molar-refractivity contribution in [1.82, 2.24) is 34.9 Å². The van der Waals surface area contributed by atoms with Gasteiger partial charge in [0.2, 0.25) is 11.9 Å². The van der Waals surface area contributed by atoms with Crippen LogP contribution in [-0.4, -0.2) is 93.6 Å². The lowest BCUT2D eigenvalue weighted by atomic mass is 10.0. The van der Waals surface area contributed by atoms with Gasteiger partial charge < -0.3 is 20.7 Å². The maximum absolute atomic E-state index is 13.2. The van der Waals surface area contributed by atoms with Crippen LogP contribution >= 0.6 is 11.8 Å².